The predicted molar refractivity (Wildman–Crippen MR) is 92.1 cm³/mol. The van der Waals surface area contributed by atoms with Gasteiger partial charge in [-0.05, 0) is 12.1 Å². The molecule has 1 aromatic rings. The summed E-state index contributed by atoms with van der Waals surface area (Å²) in [5, 5.41) is 25.5. The summed E-state index contributed by atoms with van der Waals surface area (Å²) >= 11 is 1.30. The summed E-state index contributed by atoms with van der Waals surface area (Å²) < 4.78 is 0.231. The van der Waals surface area contributed by atoms with E-state index >= 15 is 0 Å². The molecule has 0 heterocycles. The summed E-state index contributed by atoms with van der Waals surface area (Å²) in [6.45, 7) is 0. The molecule has 0 bridgehead atoms. The number of thioether (sulfide) groups is 1. The first-order chi connectivity index (χ1) is 11.2. The highest BCUT2D eigenvalue weighted by molar-refractivity contribution is 7.99. The largest absolute Gasteiger partial charge is 0.544 e. The molecular weight excluding hydrogens is 328 g/mol. The number of benzene rings is 1. The molecule has 2 amide bonds. The topological polar surface area (TPSA) is 105 Å². The first-order valence-corrected chi connectivity index (χ1v) is 8.51. The molecule has 0 aliphatic rings. The third-order valence-electron chi connectivity index (χ3n) is 3.26. The quantitative estimate of drug-likeness (QED) is 0.654. The second-order valence-corrected chi connectivity index (χ2v) is 7.21. The molecule has 2 N–H and O–H groups in total. The van der Waals surface area contributed by atoms with E-state index in [2.05, 4.69) is 10.6 Å². The van der Waals surface area contributed by atoms with E-state index in [0.29, 0.717) is 17.2 Å². The van der Waals surface area contributed by atoms with E-state index in [4.69, 9.17) is 5.26 Å². The van der Waals surface area contributed by atoms with Crippen molar-refractivity contribution < 1.29 is 19.2 Å². The normalized spacial score (nSPS) is 13.4. The minimum atomic E-state index is -1.13. The molecule has 0 fully saturated rings. The van der Waals surface area contributed by atoms with Crippen LogP contribution in [0.3, 0.4) is 0 Å². The van der Waals surface area contributed by atoms with Crippen molar-refractivity contribution in [3.8, 4) is 6.07 Å². The number of carbonyl (C=O) groups is 2. The van der Waals surface area contributed by atoms with Crippen molar-refractivity contribution >= 4 is 29.4 Å². The number of urea groups is 1. The Labute approximate surface area is 146 Å². The van der Waals surface area contributed by atoms with Crippen LogP contribution in [0, 0.1) is 11.3 Å². The van der Waals surface area contributed by atoms with E-state index < -0.39 is 24.1 Å². The molecule has 1 rings (SSSR count). The van der Waals surface area contributed by atoms with Gasteiger partial charge in [-0.1, -0.05) is 18.2 Å². The minimum Gasteiger partial charge on any atom is -0.544 e. The zero-order valence-corrected chi connectivity index (χ0v) is 14.8. The highest BCUT2D eigenvalue weighted by Crippen LogP contribution is 2.12. The molecule has 0 spiro atoms. The molecule has 0 aliphatic carbocycles. The number of hydrogen-bond donors (Lipinski definition) is 2. The number of nitrogens with zero attached hydrogens (tertiary/aromatic N) is 2. The lowest BCUT2D eigenvalue weighted by Crippen LogP contribution is -2.56. The molecule has 2 atom stereocenters. The molecule has 1 aromatic carbocycles. The van der Waals surface area contributed by atoms with E-state index in [9.17, 15) is 14.7 Å². The van der Waals surface area contributed by atoms with Crippen LogP contribution in [0.1, 0.15) is 0 Å². The van der Waals surface area contributed by atoms with Crippen molar-refractivity contribution in [3.05, 3.63) is 30.3 Å². The number of para-hydroxylation sites is 1. The predicted octanol–water partition coefficient (Wildman–Crippen LogP) is 0.258. The Balaban J connectivity index is 2.46. The van der Waals surface area contributed by atoms with Gasteiger partial charge in [0.1, 0.15) is 18.1 Å². The molecule has 2 unspecified atom stereocenters. The van der Waals surface area contributed by atoms with E-state index in [0.717, 1.165) is 0 Å². The number of aliphatic carboxylic acids is 1. The maximum absolute atomic E-state index is 11.9. The van der Waals surface area contributed by atoms with Crippen LogP contribution in [0.4, 0.5) is 10.5 Å². The lowest BCUT2D eigenvalue weighted by molar-refractivity contribution is -0.886. The SMILES string of the molecule is C[N+](C)(C)C(CSCC(C#N)NC(=O)Nc1ccccc1)C(=O)[O-]. The number of likely N-dealkylation sites (N-methyl/N-ethyl adjacent to an activating group) is 1. The zero-order valence-electron chi connectivity index (χ0n) is 14.0. The van der Waals surface area contributed by atoms with Gasteiger partial charge in [-0.2, -0.15) is 17.0 Å². The van der Waals surface area contributed by atoms with Crippen LogP contribution in [0.2, 0.25) is 0 Å². The summed E-state index contributed by atoms with van der Waals surface area (Å²) in [5.74, 6) is -0.535. The summed E-state index contributed by atoms with van der Waals surface area (Å²) in [5.41, 5.74) is 0.626. The molecule has 0 saturated heterocycles. The van der Waals surface area contributed by atoms with Gasteiger partial charge in [-0.25, -0.2) is 4.79 Å². The van der Waals surface area contributed by atoms with E-state index in [1.807, 2.05) is 12.1 Å². The molecule has 7 nitrogen and oxygen atoms in total. The average Bonchev–Trinajstić information content (AvgIpc) is 2.49. The summed E-state index contributed by atoms with van der Waals surface area (Å²) in [6, 6.07) is 9.01. The van der Waals surface area contributed by atoms with Crippen LogP contribution >= 0.6 is 11.8 Å². The van der Waals surface area contributed by atoms with Gasteiger partial charge in [0.15, 0.2) is 0 Å². The minimum absolute atomic E-state index is 0.231. The highest BCUT2D eigenvalue weighted by Gasteiger charge is 2.25. The number of anilines is 1. The number of carbonyl (C=O) groups excluding carboxylic acids is 2. The van der Waals surface area contributed by atoms with Gasteiger partial charge in [0.2, 0.25) is 0 Å². The van der Waals surface area contributed by atoms with Gasteiger partial charge in [0, 0.05) is 11.4 Å². The van der Waals surface area contributed by atoms with Crippen molar-refractivity contribution in [3.63, 3.8) is 0 Å². The monoisotopic (exact) mass is 350 g/mol. The second kappa shape index (κ2) is 9.15. The number of nitriles is 1. The van der Waals surface area contributed by atoms with Crippen molar-refractivity contribution in [2.24, 2.45) is 0 Å². The van der Waals surface area contributed by atoms with Crippen LogP contribution in [0.5, 0.6) is 0 Å². The maximum atomic E-state index is 11.9. The van der Waals surface area contributed by atoms with Crippen LogP contribution in [0.15, 0.2) is 30.3 Å². The van der Waals surface area contributed by atoms with Gasteiger partial charge in [0.05, 0.1) is 33.0 Å². The Bertz CT molecular complexity index is 596. The van der Waals surface area contributed by atoms with Gasteiger partial charge in [0.25, 0.3) is 0 Å². The molecule has 0 aliphatic heterocycles. The van der Waals surface area contributed by atoms with E-state index in [1.165, 1.54) is 11.8 Å². The van der Waals surface area contributed by atoms with Crippen molar-refractivity contribution in [1.29, 1.82) is 5.26 Å². The number of carboxylic acids is 1. The van der Waals surface area contributed by atoms with Crippen LogP contribution in [-0.4, -0.2) is 61.2 Å². The van der Waals surface area contributed by atoms with Crippen molar-refractivity contribution in [2.45, 2.75) is 12.1 Å². The van der Waals surface area contributed by atoms with Gasteiger partial charge < -0.3 is 25.0 Å². The third kappa shape index (κ3) is 6.89. The first kappa shape index (κ1) is 19.8. The number of amides is 2. The molecule has 130 valence electrons. The zero-order chi connectivity index (χ0) is 18.2. The number of hydrogen-bond acceptors (Lipinski definition) is 5. The Morgan fingerprint density at radius 3 is 2.38 bits per heavy atom. The van der Waals surface area contributed by atoms with E-state index in [1.54, 1.807) is 45.4 Å². The van der Waals surface area contributed by atoms with Gasteiger partial charge >= 0.3 is 6.03 Å². The fourth-order valence-corrected chi connectivity index (χ4v) is 3.20. The molecule has 8 heteroatoms. The fourth-order valence-electron chi connectivity index (χ4n) is 1.86. The first-order valence-electron chi connectivity index (χ1n) is 7.36. The number of nitrogens with one attached hydrogen (secondary N) is 2. The smallest absolute Gasteiger partial charge is 0.320 e. The number of quaternary nitrogens is 1. The lowest BCUT2D eigenvalue weighted by Gasteiger charge is -2.34. The number of rotatable bonds is 8. The standard InChI is InChI=1S/C16H22N4O3S/c1-20(2,3)14(15(21)22)11-24-10-13(9-17)19-16(23)18-12-7-5-4-6-8-12/h4-8,13-14H,10-11H2,1-3H3,(H2-,18,19,21,22,23). The van der Waals surface area contributed by atoms with Crippen LogP contribution in [-0.2, 0) is 4.79 Å². The van der Waals surface area contributed by atoms with Crippen molar-refractivity contribution in [1.82, 2.24) is 5.32 Å². The fraction of sp³-hybridized carbons (Fsp3) is 0.438. The second-order valence-electron chi connectivity index (χ2n) is 6.13. The third-order valence-corrected chi connectivity index (χ3v) is 4.38. The van der Waals surface area contributed by atoms with Gasteiger partial charge in [-0.15, -0.1) is 0 Å². The number of carboxylic acid groups (broad SMARTS) is 1. The summed E-state index contributed by atoms with van der Waals surface area (Å²) in [6.07, 6.45) is 0. The van der Waals surface area contributed by atoms with Crippen LogP contribution < -0.4 is 15.7 Å². The molecule has 0 saturated carbocycles. The molecule has 24 heavy (non-hydrogen) atoms. The average molecular weight is 350 g/mol. The highest BCUT2D eigenvalue weighted by atomic mass is 32.2. The van der Waals surface area contributed by atoms with Crippen molar-refractivity contribution in [2.75, 3.05) is 38.0 Å². The maximum Gasteiger partial charge on any atom is 0.320 e. The van der Waals surface area contributed by atoms with Crippen LogP contribution in [0.25, 0.3) is 0 Å². The Hall–Kier alpha value is -2.24. The molecular formula is C16H22N4O3S. The Kier molecular flexibility index (Phi) is 7.55. The Morgan fingerprint density at radius 2 is 1.88 bits per heavy atom. The lowest BCUT2D eigenvalue weighted by atomic mass is 10.3. The summed E-state index contributed by atoms with van der Waals surface area (Å²) in [4.78, 5) is 23.0. The Morgan fingerprint density at radius 1 is 1.25 bits per heavy atom. The summed E-state index contributed by atoms with van der Waals surface area (Å²) in [7, 11) is 5.32. The molecule has 0 radical (unpaired) electrons. The van der Waals surface area contributed by atoms with E-state index in [-0.39, 0.29) is 4.48 Å². The van der Waals surface area contributed by atoms with Gasteiger partial charge in [-0.3, -0.25) is 0 Å². The molecule has 0 aromatic heterocycles.